The second-order valence-corrected chi connectivity index (χ2v) is 6.22. The molecule has 1 amide bonds. The summed E-state index contributed by atoms with van der Waals surface area (Å²) in [6.45, 7) is 7.70. The molecule has 0 fully saturated rings. The largest absolute Gasteiger partial charge is 0.351 e. The molecule has 0 heterocycles. The Hall–Kier alpha value is -1.95. The minimum Gasteiger partial charge on any atom is -0.351 e. The van der Waals surface area contributed by atoms with Crippen LogP contribution in [0.15, 0.2) is 42.5 Å². The lowest BCUT2D eigenvalue weighted by Gasteiger charge is -2.34. The normalized spacial score (nSPS) is 12.5. The van der Waals surface area contributed by atoms with Gasteiger partial charge in [0.25, 0.3) is 0 Å². The van der Waals surface area contributed by atoms with Crippen LogP contribution in [0, 0.1) is 0 Å². The molecule has 2 aromatic carbocycles. The molecule has 142 valence electrons. The lowest BCUT2D eigenvalue weighted by atomic mass is 10.0. The number of hydrogen-bond donors (Lipinski definition) is 1. The number of rotatable bonds is 10. The Morgan fingerprint density at radius 3 is 2.38 bits per heavy atom. The number of nitrogens with zero attached hydrogens (tertiary/aromatic N) is 1. The highest BCUT2D eigenvalue weighted by atomic mass is 16.7. The maximum Gasteiger partial charge on any atom is 0.224 e. The predicted octanol–water partition coefficient (Wildman–Crippen LogP) is 3.30. The van der Waals surface area contributed by atoms with E-state index in [1.165, 1.54) is 0 Å². The van der Waals surface area contributed by atoms with Gasteiger partial charge in [0.2, 0.25) is 5.91 Å². The Kier molecular flexibility index (Phi) is 8.04. The van der Waals surface area contributed by atoms with E-state index >= 15 is 0 Å². The fourth-order valence-corrected chi connectivity index (χ4v) is 3.14. The first-order chi connectivity index (χ1) is 12.6. The van der Waals surface area contributed by atoms with E-state index in [2.05, 4.69) is 24.3 Å². The van der Waals surface area contributed by atoms with Gasteiger partial charge in [-0.2, -0.15) is 0 Å². The lowest BCUT2D eigenvalue weighted by molar-refractivity contribution is -0.178. The van der Waals surface area contributed by atoms with E-state index in [0.29, 0.717) is 32.7 Å². The summed E-state index contributed by atoms with van der Waals surface area (Å²) in [5.74, 6) is 0.0114. The fourth-order valence-electron chi connectivity index (χ4n) is 3.14. The molecule has 2 aromatic rings. The topological polar surface area (TPSA) is 64.8 Å². The molecule has 0 aliphatic heterocycles. The summed E-state index contributed by atoms with van der Waals surface area (Å²) in [7, 11) is 0. The van der Waals surface area contributed by atoms with Crippen LogP contribution in [0.5, 0.6) is 0 Å². The van der Waals surface area contributed by atoms with Gasteiger partial charge < -0.3 is 20.1 Å². The van der Waals surface area contributed by atoms with E-state index in [-0.39, 0.29) is 11.9 Å². The quantitative estimate of drug-likeness (QED) is 0.662. The summed E-state index contributed by atoms with van der Waals surface area (Å²) >= 11 is 0. The molecular formula is C21H30N2O3. The molecular weight excluding hydrogens is 328 g/mol. The zero-order chi connectivity index (χ0) is 18.9. The van der Waals surface area contributed by atoms with Crippen LogP contribution in [-0.4, -0.2) is 42.9 Å². The van der Waals surface area contributed by atoms with Crippen molar-refractivity contribution in [3.8, 4) is 0 Å². The van der Waals surface area contributed by atoms with Gasteiger partial charge in [-0.1, -0.05) is 42.5 Å². The van der Waals surface area contributed by atoms with Gasteiger partial charge in [-0.05, 0) is 37.1 Å². The average Bonchev–Trinajstić information content (AvgIpc) is 2.65. The maximum atomic E-state index is 12.8. The van der Waals surface area contributed by atoms with E-state index in [1.807, 2.05) is 43.9 Å². The van der Waals surface area contributed by atoms with Gasteiger partial charge in [0.15, 0.2) is 6.29 Å². The minimum absolute atomic E-state index is 0.0114. The summed E-state index contributed by atoms with van der Waals surface area (Å²) in [6, 6.07) is 14.2. The molecule has 0 spiro atoms. The van der Waals surface area contributed by atoms with Crippen LogP contribution in [-0.2, 0) is 20.8 Å². The molecule has 0 radical (unpaired) electrons. The Balaban J connectivity index is 2.33. The third kappa shape index (κ3) is 5.04. The number of ether oxygens (including phenoxy) is 2. The highest BCUT2D eigenvalue weighted by molar-refractivity contribution is 5.86. The van der Waals surface area contributed by atoms with Gasteiger partial charge in [-0.15, -0.1) is 0 Å². The van der Waals surface area contributed by atoms with Crippen molar-refractivity contribution in [2.24, 2.45) is 5.73 Å². The molecule has 1 atom stereocenters. The highest BCUT2D eigenvalue weighted by Crippen LogP contribution is 2.22. The van der Waals surface area contributed by atoms with Crippen LogP contribution < -0.4 is 5.73 Å². The predicted molar refractivity (Wildman–Crippen MR) is 105 cm³/mol. The number of benzene rings is 2. The maximum absolute atomic E-state index is 12.8. The molecule has 5 heteroatoms. The number of fused-ring (bicyclic) bond motifs is 1. The van der Waals surface area contributed by atoms with Crippen molar-refractivity contribution in [2.45, 2.75) is 46.1 Å². The van der Waals surface area contributed by atoms with Gasteiger partial charge in [0.1, 0.15) is 0 Å². The van der Waals surface area contributed by atoms with Crippen molar-refractivity contribution in [3.63, 3.8) is 0 Å². The molecule has 0 saturated carbocycles. The summed E-state index contributed by atoms with van der Waals surface area (Å²) in [4.78, 5) is 14.6. The molecule has 2 N–H and O–H groups in total. The van der Waals surface area contributed by atoms with Gasteiger partial charge in [-0.3, -0.25) is 4.79 Å². The fraction of sp³-hybridized carbons (Fsp3) is 0.476. The van der Waals surface area contributed by atoms with Crippen LogP contribution in [0.2, 0.25) is 0 Å². The summed E-state index contributed by atoms with van der Waals surface area (Å²) in [5.41, 5.74) is 6.74. The number of amides is 1. The van der Waals surface area contributed by atoms with Crippen molar-refractivity contribution in [2.75, 3.05) is 19.8 Å². The van der Waals surface area contributed by atoms with Crippen LogP contribution in [0.3, 0.4) is 0 Å². The van der Waals surface area contributed by atoms with Crippen LogP contribution in [0.25, 0.3) is 10.8 Å². The average molecular weight is 358 g/mol. The van der Waals surface area contributed by atoms with Crippen LogP contribution in [0.1, 0.15) is 32.8 Å². The Bertz CT molecular complexity index is 693. The standard InChI is InChI=1S/C21H30N2O3/c1-4-25-21(26-5-2)16(3)23(20(24)13-14-22)15-18-11-8-10-17-9-6-7-12-19(17)18/h6-12,16,21H,4-5,13-15,22H2,1-3H3/t16-/m0/s1. The Morgan fingerprint density at radius 2 is 1.73 bits per heavy atom. The summed E-state index contributed by atoms with van der Waals surface area (Å²) in [5, 5.41) is 2.31. The molecule has 0 saturated heterocycles. The van der Waals surface area contributed by atoms with Crippen molar-refractivity contribution in [1.82, 2.24) is 4.90 Å². The SMILES string of the molecule is CCOC(OCC)[C@H](C)N(Cc1cccc2ccccc12)C(=O)CCN. The van der Waals surface area contributed by atoms with Crippen LogP contribution in [0.4, 0.5) is 0 Å². The van der Waals surface area contributed by atoms with Crippen LogP contribution >= 0.6 is 0 Å². The molecule has 0 aliphatic rings. The van der Waals surface area contributed by atoms with Gasteiger partial charge >= 0.3 is 0 Å². The molecule has 0 aromatic heterocycles. The minimum atomic E-state index is -0.457. The third-order valence-corrected chi connectivity index (χ3v) is 4.45. The zero-order valence-corrected chi connectivity index (χ0v) is 16.0. The Morgan fingerprint density at radius 1 is 1.08 bits per heavy atom. The Labute approximate surface area is 156 Å². The van der Waals surface area contributed by atoms with Gasteiger partial charge in [-0.25, -0.2) is 0 Å². The number of nitrogens with two attached hydrogens (primary N) is 1. The van der Waals surface area contributed by atoms with Gasteiger partial charge in [0.05, 0.1) is 6.04 Å². The van der Waals surface area contributed by atoms with E-state index in [1.54, 1.807) is 0 Å². The molecule has 0 unspecified atom stereocenters. The van der Waals surface area contributed by atoms with E-state index in [4.69, 9.17) is 15.2 Å². The molecule has 2 rings (SSSR count). The molecule has 0 bridgehead atoms. The van der Waals surface area contributed by atoms with E-state index in [0.717, 1.165) is 16.3 Å². The summed E-state index contributed by atoms with van der Waals surface area (Å²) in [6.07, 6.45) is -0.151. The van der Waals surface area contributed by atoms with Crippen molar-refractivity contribution in [3.05, 3.63) is 48.0 Å². The molecule has 5 nitrogen and oxygen atoms in total. The second-order valence-electron chi connectivity index (χ2n) is 6.22. The molecule has 26 heavy (non-hydrogen) atoms. The van der Waals surface area contributed by atoms with Crippen molar-refractivity contribution < 1.29 is 14.3 Å². The number of carbonyl (C=O) groups excluding carboxylic acids is 1. The smallest absolute Gasteiger partial charge is 0.224 e. The third-order valence-electron chi connectivity index (χ3n) is 4.45. The molecule has 0 aliphatic carbocycles. The highest BCUT2D eigenvalue weighted by Gasteiger charge is 2.28. The van der Waals surface area contributed by atoms with Gasteiger partial charge in [0, 0.05) is 32.7 Å². The number of hydrogen-bond acceptors (Lipinski definition) is 4. The van der Waals surface area contributed by atoms with E-state index in [9.17, 15) is 4.79 Å². The van der Waals surface area contributed by atoms with Crippen molar-refractivity contribution >= 4 is 16.7 Å². The first-order valence-electron chi connectivity index (χ1n) is 9.31. The first-order valence-corrected chi connectivity index (χ1v) is 9.31. The second kappa shape index (κ2) is 10.3. The lowest BCUT2D eigenvalue weighted by Crippen LogP contribution is -2.47. The zero-order valence-electron chi connectivity index (χ0n) is 16.0. The van der Waals surface area contributed by atoms with Crippen molar-refractivity contribution in [1.29, 1.82) is 0 Å². The summed E-state index contributed by atoms with van der Waals surface area (Å²) < 4.78 is 11.5. The number of carbonyl (C=O) groups is 1. The first kappa shape index (κ1) is 20.4. The van der Waals surface area contributed by atoms with E-state index < -0.39 is 6.29 Å². The monoisotopic (exact) mass is 358 g/mol.